The normalized spacial score (nSPS) is 17.2. The number of hydrogen-bond donors (Lipinski definition) is 0. The van der Waals surface area contributed by atoms with Crippen molar-refractivity contribution in [1.29, 1.82) is 0 Å². The number of amides is 4. The Labute approximate surface area is 155 Å². The van der Waals surface area contributed by atoms with Gasteiger partial charge in [-0.15, -0.1) is 0 Å². The van der Waals surface area contributed by atoms with Gasteiger partial charge in [-0.05, 0) is 11.1 Å². The number of hydrogen-bond acceptors (Lipinski definition) is 3. The molecule has 1 aliphatic heterocycles. The first-order valence-electron chi connectivity index (χ1n) is 8.51. The Bertz CT molecular complexity index is 762. The van der Waals surface area contributed by atoms with Crippen molar-refractivity contribution in [3.63, 3.8) is 0 Å². The summed E-state index contributed by atoms with van der Waals surface area (Å²) in [5.74, 6) is -1.92. The summed E-state index contributed by atoms with van der Waals surface area (Å²) in [4.78, 5) is 37.4. The Balaban J connectivity index is 1.76. The summed E-state index contributed by atoms with van der Waals surface area (Å²) < 4.78 is 29.4. The summed E-state index contributed by atoms with van der Waals surface area (Å²) in [7, 11) is 0. The van der Waals surface area contributed by atoms with Crippen molar-refractivity contribution < 1.29 is 23.2 Å². The van der Waals surface area contributed by atoms with E-state index in [0.717, 1.165) is 0 Å². The van der Waals surface area contributed by atoms with E-state index in [1.54, 1.807) is 60.7 Å². The minimum atomic E-state index is -1.98. The highest BCUT2D eigenvalue weighted by Crippen LogP contribution is 2.23. The van der Waals surface area contributed by atoms with Crippen molar-refractivity contribution in [2.75, 3.05) is 0 Å². The first-order valence-corrected chi connectivity index (χ1v) is 8.51. The molecule has 0 bridgehead atoms. The minimum Gasteiger partial charge on any atom is -0.274 e. The average Bonchev–Trinajstić information content (AvgIpc) is 2.63. The smallest absolute Gasteiger partial charge is 0.274 e. The van der Waals surface area contributed by atoms with Gasteiger partial charge in [0.1, 0.15) is 6.42 Å². The zero-order valence-corrected chi connectivity index (χ0v) is 14.4. The van der Waals surface area contributed by atoms with Crippen LogP contribution in [0.25, 0.3) is 0 Å². The Morgan fingerprint density at radius 1 is 0.704 bits per heavy atom. The first-order chi connectivity index (χ1) is 13.0. The van der Waals surface area contributed by atoms with Crippen LogP contribution in [0, 0.1) is 0 Å². The Kier molecular flexibility index (Phi) is 5.59. The second kappa shape index (κ2) is 8.07. The minimum absolute atomic E-state index is 0.226. The van der Waals surface area contributed by atoms with Gasteiger partial charge < -0.3 is 0 Å². The predicted octanol–water partition coefficient (Wildman–Crippen LogP) is 3.24. The van der Waals surface area contributed by atoms with Crippen molar-refractivity contribution in [3.05, 3.63) is 71.8 Å². The third kappa shape index (κ3) is 4.19. The third-order valence-corrected chi connectivity index (χ3v) is 4.31. The number of carbonyl (C=O) groups is 3. The molecule has 4 amide bonds. The lowest BCUT2D eigenvalue weighted by Gasteiger charge is -2.35. The van der Waals surface area contributed by atoms with Gasteiger partial charge >= 0.3 is 6.03 Å². The molecule has 0 aromatic heterocycles. The van der Waals surface area contributed by atoms with Crippen LogP contribution in [0.15, 0.2) is 60.7 Å². The van der Waals surface area contributed by atoms with Crippen LogP contribution in [0.4, 0.5) is 13.6 Å². The van der Waals surface area contributed by atoms with E-state index in [4.69, 9.17) is 0 Å². The van der Waals surface area contributed by atoms with Gasteiger partial charge in [0.05, 0.1) is 0 Å². The molecule has 5 nitrogen and oxygen atoms in total. The number of carbonyl (C=O) groups excluding carboxylic acids is 3. The SMILES string of the molecule is O=C1CC(=O)N([C@@H](F)Cc2ccccc2)C(=O)N1[C@H](F)Cc1ccccc1. The summed E-state index contributed by atoms with van der Waals surface area (Å²) in [5.41, 5.74) is 1.16. The highest BCUT2D eigenvalue weighted by atomic mass is 19.1. The third-order valence-electron chi connectivity index (χ3n) is 4.31. The number of halogens is 2. The Hall–Kier alpha value is -3.09. The molecule has 27 heavy (non-hydrogen) atoms. The summed E-state index contributed by atoms with van der Waals surface area (Å²) >= 11 is 0. The zero-order valence-electron chi connectivity index (χ0n) is 14.4. The van der Waals surface area contributed by atoms with E-state index in [-0.39, 0.29) is 12.8 Å². The van der Waals surface area contributed by atoms with Crippen molar-refractivity contribution in [3.8, 4) is 0 Å². The van der Waals surface area contributed by atoms with Crippen LogP contribution in [0.5, 0.6) is 0 Å². The monoisotopic (exact) mass is 372 g/mol. The summed E-state index contributed by atoms with van der Waals surface area (Å²) in [5, 5.41) is 0. The van der Waals surface area contributed by atoms with Crippen molar-refractivity contribution in [2.45, 2.75) is 31.9 Å². The molecule has 1 saturated heterocycles. The van der Waals surface area contributed by atoms with Crippen LogP contribution in [0.1, 0.15) is 17.5 Å². The zero-order chi connectivity index (χ0) is 19.4. The molecule has 0 radical (unpaired) electrons. The first kappa shape index (κ1) is 18.7. The number of imide groups is 2. The van der Waals surface area contributed by atoms with Gasteiger partial charge in [0.2, 0.25) is 11.8 Å². The van der Waals surface area contributed by atoms with Gasteiger partial charge in [0, 0.05) is 12.8 Å². The average molecular weight is 372 g/mol. The number of urea groups is 1. The van der Waals surface area contributed by atoms with Crippen LogP contribution in [0.3, 0.4) is 0 Å². The maximum Gasteiger partial charge on any atom is 0.338 e. The van der Waals surface area contributed by atoms with E-state index in [9.17, 15) is 23.2 Å². The van der Waals surface area contributed by atoms with Gasteiger partial charge in [-0.2, -0.15) is 0 Å². The molecule has 2 aromatic rings. The molecule has 1 heterocycles. The molecule has 2 atom stereocenters. The standard InChI is InChI=1S/C20H18F2N2O3/c21-16(11-14-7-3-1-4-8-14)23-18(25)13-19(26)24(20(23)27)17(22)12-15-9-5-2-6-10-15/h1-10,16-17H,11-13H2/t16-,17+. The highest BCUT2D eigenvalue weighted by molar-refractivity contribution is 6.14. The molecule has 0 saturated carbocycles. The van der Waals surface area contributed by atoms with Gasteiger partial charge in [-0.1, -0.05) is 60.7 Å². The number of rotatable bonds is 6. The van der Waals surface area contributed by atoms with Gasteiger partial charge in [0.15, 0.2) is 12.6 Å². The lowest BCUT2D eigenvalue weighted by molar-refractivity contribution is -0.149. The largest absolute Gasteiger partial charge is 0.338 e. The maximum atomic E-state index is 14.7. The molecule has 1 aliphatic rings. The topological polar surface area (TPSA) is 57.7 Å². The van der Waals surface area contributed by atoms with Crippen LogP contribution in [-0.4, -0.2) is 40.2 Å². The molecule has 2 aromatic carbocycles. The lowest BCUT2D eigenvalue weighted by Crippen LogP contribution is -2.60. The Morgan fingerprint density at radius 2 is 1.07 bits per heavy atom. The summed E-state index contributed by atoms with van der Waals surface area (Å²) in [6.45, 7) is 0. The molecule has 0 spiro atoms. The number of benzene rings is 2. The number of barbiturate groups is 1. The van der Waals surface area contributed by atoms with Crippen LogP contribution in [-0.2, 0) is 22.4 Å². The van der Waals surface area contributed by atoms with Crippen LogP contribution in [0.2, 0.25) is 0 Å². The van der Waals surface area contributed by atoms with E-state index in [1.807, 2.05) is 0 Å². The van der Waals surface area contributed by atoms with E-state index < -0.39 is 36.9 Å². The second-order valence-corrected chi connectivity index (χ2v) is 6.24. The van der Waals surface area contributed by atoms with E-state index >= 15 is 0 Å². The van der Waals surface area contributed by atoms with Crippen molar-refractivity contribution >= 4 is 17.8 Å². The summed E-state index contributed by atoms with van der Waals surface area (Å²) in [6, 6.07) is 15.7. The second-order valence-electron chi connectivity index (χ2n) is 6.24. The fourth-order valence-corrected chi connectivity index (χ4v) is 2.98. The van der Waals surface area contributed by atoms with E-state index in [2.05, 4.69) is 0 Å². The van der Waals surface area contributed by atoms with E-state index in [1.165, 1.54) is 0 Å². The number of nitrogens with zero attached hydrogens (tertiary/aromatic N) is 2. The van der Waals surface area contributed by atoms with Crippen LogP contribution < -0.4 is 0 Å². The molecular formula is C20H18F2N2O3. The van der Waals surface area contributed by atoms with Crippen molar-refractivity contribution in [1.82, 2.24) is 9.80 Å². The van der Waals surface area contributed by atoms with E-state index in [0.29, 0.717) is 20.9 Å². The van der Waals surface area contributed by atoms with Gasteiger partial charge in [0.25, 0.3) is 0 Å². The quantitative estimate of drug-likeness (QED) is 0.578. The summed E-state index contributed by atoms with van der Waals surface area (Å²) in [6.07, 6.45) is -5.15. The lowest BCUT2D eigenvalue weighted by atomic mass is 10.1. The molecule has 0 N–H and O–H groups in total. The maximum absolute atomic E-state index is 14.7. The van der Waals surface area contributed by atoms with Gasteiger partial charge in [-0.25, -0.2) is 23.4 Å². The fraction of sp³-hybridized carbons (Fsp3) is 0.250. The molecule has 0 unspecified atom stereocenters. The van der Waals surface area contributed by atoms with Gasteiger partial charge in [-0.3, -0.25) is 9.59 Å². The molecule has 0 aliphatic carbocycles. The molecule has 140 valence electrons. The molecule has 3 rings (SSSR count). The highest BCUT2D eigenvalue weighted by Gasteiger charge is 2.45. The Morgan fingerprint density at radius 3 is 1.44 bits per heavy atom. The van der Waals surface area contributed by atoms with Crippen LogP contribution >= 0.6 is 0 Å². The van der Waals surface area contributed by atoms with Crippen molar-refractivity contribution in [2.24, 2.45) is 0 Å². The molecule has 7 heteroatoms. The molecule has 1 fully saturated rings. The predicted molar refractivity (Wildman–Crippen MR) is 93.8 cm³/mol. The number of alkyl halides is 2. The fourth-order valence-electron chi connectivity index (χ4n) is 2.98. The molecular weight excluding hydrogens is 354 g/mol.